The summed E-state index contributed by atoms with van der Waals surface area (Å²) in [4.78, 5) is 12.0. The van der Waals surface area contributed by atoms with E-state index in [1.807, 2.05) is 51.1 Å². The monoisotopic (exact) mass is 439 g/mol. The van der Waals surface area contributed by atoms with Gasteiger partial charge in [-0.05, 0) is 39.0 Å². The third-order valence-corrected chi connectivity index (χ3v) is 6.08. The van der Waals surface area contributed by atoms with Gasteiger partial charge in [-0.3, -0.25) is 9.19 Å². The van der Waals surface area contributed by atoms with Crippen molar-refractivity contribution >= 4 is 21.8 Å². The number of nitrogens with zero attached hydrogens (tertiary/aromatic N) is 2. The van der Waals surface area contributed by atoms with E-state index in [1.165, 1.54) is 0 Å². The Morgan fingerprint density at radius 3 is 2.73 bits per heavy atom. The maximum atomic E-state index is 12.8. The van der Waals surface area contributed by atoms with Gasteiger partial charge in [0.1, 0.15) is 5.75 Å². The Balaban J connectivity index is 0.00000171. The van der Waals surface area contributed by atoms with Crippen LogP contribution in [0.25, 0.3) is 11.0 Å². The molecule has 0 saturated carbocycles. The number of nitrogens with one attached hydrogen (secondary N) is 1. The molecule has 30 heavy (non-hydrogen) atoms. The van der Waals surface area contributed by atoms with Gasteiger partial charge in [0, 0.05) is 17.7 Å². The van der Waals surface area contributed by atoms with Crippen molar-refractivity contribution in [2.45, 2.75) is 37.5 Å². The second-order valence-electron chi connectivity index (χ2n) is 7.63. The number of pyridine rings is 1. The number of H-pyrrole nitrogens is 1. The van der Waals surface area contributed by atoms with Crippen molar-refractivity contribution in [2.24, 2.45) is 5.92 Å². The van der Waals surface area contributed by atoms with Gasteiger partial charge in [0.15, 0.2) is 10.9 Å². The van der Waals surface area contributed by atoms with Crippen molar-refractivity contribution in [3.05, 3.63) is 47.8 Å². The fraction of sp³-hybridized carbons (Fsp3) is 0.429. The molecule has 3 aromatic rings. The number of aromatic amines is 1. The van der Waals surface area contributed by atoms with Gasteiger partial charge in [-0.2, -0.15) is 0 Å². The summed E-state index contributed by atoms with van der Waals surface area (Å²) in [5, 5.41) is 0.456. The van der Waals surface area contributed by atoms with E-state index in [9.17, 15) is 4.21 Å². The zero-order valence-electron chi connectivity index (χ0n) is 18.8. The molecule has 3 heterocycles. The molecule has 1 unspecified atom stereocenters. The summed E-state index contributed by atoms with van der Waals surface area (Å²) < 4.78 is 30.2. The first-order chi connectivity index (χ1) is 13.9. The minimum Gasteiger partial charge on any atom is -1.00 e. The van der Waals surface area contributed by atoms with Crippen molar-refractivity contribution in [1.82, 2.24) is 15.0 Å². The average Bonchev–Trinajstić information content (AvgIpc) is 3.14. The molecule has 0 spiro atoms. The van der Waals surface area contributed by atoms with Gasteiger partial charge in [0.25, 0.3) is 0 Å². The van der Waals surface area contributed by atoms with Gasteiger partial charge >= 0.3 is 29.6 Å². The van der Waals surface area contributed by atoms with Crippen LogP contribution in [0.2, 0.25) is 0 Å². The Labute approximate surface area is 202 Å². The third kappa shape index (κ3) is 5.49. The molecule has 0 radical (unpaired) electrons. The molecule has 7 nitrogen and oxygen atoms in total. The first-order valence-corrected chi connectivity index (χ1v) is 10.9. The van der Waals surface area contributed by atoms with Crippen LogP contribution in [-0.4, -0.2) is 44.8 Å². The summed E-state index contributed by atoms with van der Waals surface area (Å²) in [5.41, 5.74) is 3.30. The van der Waals surface area contributed by atoms with E-state index in [4.69, 9.17) is 14.2 Å². The topological polar surface area (TPSA) is 86.3 Å². The Morgan fingerprint density at radius 2 is 2.00 bits per heavy atom. The average molecular weight is 440 g/mol. The zero-order chi connectivity index (χ0) is 20.4. The van der Waals surface area contributed by atoms with Gasteiger partial charge in [-0.1, -0.05) is 12.1 Å². The number of hydrogen-bond donors (Lipinski definition) is 1. The zero-order valence-corrected chi connectivity index (χ0v) is 20.6. The van der Waals surface area contributed by atoms with Crippen LogP contribution in [0.1, 0.15) is 26.5 Å². The molecule has 0 aliphatic carbocycles. The maximum Gasteiger partial charge on any atom is 1.00 e. The standard InChI is InChI=1S/C21H25N3O4S.Na.H/c1-14-18(13-29(25)20-23-16-6-4-5-7-17(16)24-20)22-9-8-19(14)26-10-15-11-27-21(2,3)28-12-15;;/h4-9,15H,10-13H2,1-3H3,(H,23,24);;/q;+1;-1. The first-order valence-electron chi connectivity index (χ1n) is 9.59. The van der Waals surface area contributed by atoms with Crippen LogP contribution < -0.4 is 34.3 Å². The largest absolute Gasteiger partial charge is 1.00 e. The molecule has 1 aromatic carbocycles. The van der Waals surface area contributed by atoms with Crippen LogP contribution in [0.4, 0.5) is 0 Å². The second-order valence-corrected chi connectivity index (χ2v) is 9.00. The van der Waals surface area contributed by atoms with Gasteiger partial charge in [-0.15, -0.1) is 0 Å². The second kappa shape index (κ2) is 9.89. The number of rotatable bonds is 6. The summed E-state index contributed by atoms with van der Waals surface area (Å²) in [7, 11) is -1.33. The molecule has 9 heteroatoms. The van der Waals surface area contributed by atoms with Gasteiger partial charge in [0.2, 0.25) is 0 Å². The number of para-hydroxylation sites is 2. The molecule has 1 atom stereocenters. The van der Waals surface area contributed by atoms with Crippen LogP contribution in [0.3, 0.4) is 0 Å². The fourth-order valence-corrected chi connectivity index (χ4v) is 4.22. The molecular formula is C21H26N3NaO4S. The number of aromatic nitrogens is 3. The molecule has 0 bridgehead atoms. The third-order valence-electron chi connectivity index (χ3n) is 4.92. The van der Waals surface area contributed by atoms with E-state index >= 15 is 0 Å². The van der Waals surface area contributed by atoms with Crippen LogP contribution in [0.5, 0.6) is 5.75 Å². The van der Waals surface area contributed by atoms with Crippen LogP contribution in [0, 0.1) is 12.8 Å². The van der Waals surface area contributed by atoms with Crippen LogP contribution >= 0.6 is 0 Å². The van der Waals surface area contributed by atoms with Crippen molar-refractivity contribution < 1.29 is 49.4 Å². The molecule has 0 amide bonds. The molecule has 2 aromatic heterocycles. The van der Waals surface area contributed by atoms with Gasteiger partial charge < -0.3 is 20.6 Å². The fourth-order valence-electron chi connectivity index (χ4n) is 3.12. The first kappa shape index (κ1) is 23.4. The van der Waals surface area contributed by atoms with Crippen molar-refractivity contribution in [1.29, 1.82) is 0 Å². The summed E-state index contributed by atoms with van der Waals surface area (Å²) in [6.45, 7) is 7.44. The maximum absolute atomic E-state index is 12.8. The summed E-state index contributed by atoms with van der Waals surface area (Å²) in [6, 6.07) is 9.47. The van der Waals surface area contributed by atoms with Crippen LogP contribution in [-0.2, 0) is 26.0 Å². The molecule has 156 valence electrons. The van der Waals surface area contributed by atoms with Gasteiger partial charge in [0.05, 0.1) is 53.1 Å². The van der Waals surface area contributed by atoms with Crippen molar-refractivity contribution in [2.75, 3.05) is 19.8 Å². The number of benzene rings is 1. The van der Waals surface area contributed by atoms with E-state index < -0.39 is 16.6 Å². The predicted molar refractivity (Wildman–Crippen MR) is 111 cm³/mol. The Bertz CT molecular complexity index is 1000. The van der Waals surface area contributed by atoms with Crippen molar-refractivity contribution in [3.63, 3.8) is 0 Å². The Hall–Kier alpha value is -1.29. The van der Waals surface area contributed by atoms with E-state index in [2.05, 4.69) is 15.0 Å². The summed E-state index contributed by atoms with van der Waals surface area (Å²) >= 11 is 0. The minimum atomic E-state index is -1.33. The number of ether oxygens (including phenoxy) is 3. The Kier molecular flexibility index (Phi) is 7.71. The van der Waals surface area contributed by atoms with E-state index in [0.717, 1.165) is 28.0 Å². The number of imidazole rings is 1. The van der Waals surface area contributed by atoms with E-state index in [1.54, 1.807) is 6.20 Å². The van der Waals surface area contributed by atoms with Crippen molar-refractivity contribution in [3.8, 4) is 5.75 Å². The molecule has 1 aliphatic heterocycles. The normalized spacial score (nSPS) is 17.4. The molecule has 1 aliphatic rings. The molecule has 1 saturated heterocycles. The van der Waals surface area contributed by atoms with Crippen LogP contribution in [0.15, 0.2) is 41.7 Å². The predicted octanol–water partition coefficient (Wildman–Crippen LogP) is 0.469. The summed E-state index contributed by atoms with van der Waals surface area (Å²) in [6.07, 6.45) is 1.69. The van der Waals surface area contributed by atoms with Gasteiger partial charge in [-0.25, -0.2) is 4.98 Å². The van der Waals surface area contributed by atoms with E-state index in [0.29, 0.717) is 25.0 Å². The molecule has 1 fully saturated rings. The SMILES string of the molecule is Cc1c(OCC2COC(C)(C)OC2)ccnc1CS(=O)c1nc2ccccc2[nH]1.[H-].[Na+]. The minimum absolute atomic E-state index is 0. The molecule has 1 N–H and O–H groups in total. The number of fused-ring (bicyclic) bond motifs is 1. The smallest absolute Gasteiger partial charge is 1.00 e. The quantitative estimate of drug-likeness (QED) is 0.562. The molecular weight excluding hydrogens is 413 g/mol. The molecule has 4 rings (SSSR count). The Morgan fingerprint density at radius 1 is 1.27 bits per heavy atom. The summed E-state index contributed by atoms with van der Waals surface area (Å²) in [5.74, 6) is 0.647. The van der Waals surface area contributed by atoms with E-state index in [-0.39, 0.29) is 42.7 Å². The number of hydrogen-bond acceptors (Lipinski definition) is 6.